The third-order valence-electron chi connectivity index (χ3n) is 2.87. The Morgan fingerprint density at radius 1 is 1.40 bits per heavy atom. The van der Waals surface area contributed by atoms with Crippen LogP contribution in [0.5, 0.6) is 0 Å². The van der Waals surface area contributed by atoms with Crippen molar-refractivity contribution in [2.45, 2.75) is 37.8 Å². The predicted molar refractivity (Wildman–Crippen MR) is 67.2 cm³/mol. The van der Waals surface area contributed by atoms with Gasteiger partial charge < -0.3 is 10.4 Å². The highest BCUT2D eigenvalue weighted by atomic mass is 79.9. The minimum absolute atomic E-state index is 0.234. The molecule has 2 unspecified atom stereocenters. The van der Waals surface area contributed by atoms with E-state index in [9.17, 15) is 5.11 Å². The lowest BCUT2D eigenvalue weighted by molar-refractivity contribution is 0.129. The van der Waals surface area contributed by atoms with Crippen molar-refractivity contribution in [2.24, 2.45) is 0 Å². The van der Waals surface area contributed by atoms with E-state index in [1.165, 1.54) is 19.3 Å². The fourth-order valence-electron chi connectivity index (χ4n) is 2.01. The molecule has 0 aromatic carbocycles. The number of hydrogen-bond acceptors (Lipinski definition) is 3. The lowest BCUT2D eigenvalue weighted by Gasteiger charge is -2.21. The van der Waals surface area contributed by atoms with E-state index in [0.29, 0.717) is 0 Å². The molecule has 1 aromatic rings. The monoisotopic (exact) mass is 289 g/mol. The van der Waals surface area contributed by atoms with Crippen LogP contribution in [0, 0.1) is 0 Å². The second-order valence-corrected chi connectivity index (χ2v) is 6.49. The number of hydrogen-bond donors (Lipinski definition) is 2. The third kappa shape index (κ3) is 3.03. The van der Waals surface area contributed by atoms with Gasteiger partial charge in [-0.3, -0.25) is 0 Å². The van der Waals surface area contributed by atoms with Gasteiger partial charge in [-0.05, 0) is 47.4 Å². The molecule has 2 rings (SSSR count). The first-order chi connectivity index (χ1) is 7.27. The molecule has 1 aromatic heterocycles. The Balaban J connectivity index is 2.02. The van der Waals surface area contributed by atoms with Crippen molar-refractivity contribution in [2.75, 3.05) is 6.54 Å². The van der Waals surface area contributed by atoms with Crippen molar-refractivity contribution in [1.82, 2.24) is 5.32 Å². The first-order valence-electron chi connectivity index (χ1n) is 5.44. The van der Waals surface area contributed by atoms with Gasteiger partial charge in [-0.25, -0.2) is 0 Å². The Labute approximate surface area is 103 Å². The van der Waals surface area contributed by atoms with Gasteiger partial charge in [0.2, 0.25) is 0 Å². The molecular formula is C11H16BrNOS. The lowest BCUT2D eigenvalue weighted by atomic mass is 10.0. The number of rotatable bonds is 2. The van der Waals surface area contributed by atoms with E-state index in [1.54, 1.807) is 11.3 Å². The standard InChI is InChI=1S/C11H16BrNOS/c12-10-6-5-9(15-10)11(14)8-4-2-1-3-7-13-8/h5-6,8,11,13-14H,1-4,7H2. The van der Waals surface area contributed by atoms with Gasteiger partial charge in [-0.1, -0.05) is 12.8 Å². The van der Waals surface area contributed by atoms with E-state index in [2.05, 4.69) is 21.2 Å². The highest BCUT2D eigenvalue weighted by Crippen LogP contribution is 2.30. The summed E-state index contributed by atoms with van der Waals surface area (Å²) in [5.41, 5.74) is 0. The van der Waals surface area contributed by atoms with Crippen molar-refractivity contribution in [3.05, 3.63) is 20.8 Å². The average Bonchev–Trinajstić information content (AvgIpc) is 2.53. The Bertz CT molecular complexity index is 307. The molecule has 0 aliphatic carbocycles. The maximum Gasteiger partial charge on any atom is 0.103 e. The summed E-state index contributed by atoms with van der Waals surface area (Å²) in [6.45, 7) is 1.04. The minimum atomic E-state index is -0.348. The van der Waals surface area contributed by atoms with Crippen LogP contribution in [0.4, 0.5) is 0 Å². The number of halogens is 1. The maximum absolute atomic E-state index is 10.2. The van der Waals surface area contributed by atoms with E-state index in [0.717, 1.165) is 21.6 Å². The third-order valence-corrected chi connectivity index (χ3v) is 4.56. The number of thiophene rings is 1. The van der Waals surface area contributed by atoms with Crippen LogP contribution in [0.25, 0.3) is 0 Å². The highest BCUT2D eigenvalue weighted by molar-refractivity contribution is 9.11. The summed E-state index contributed by atoms with van der Waals surface area (Å²) in [5.74, 6) is 0. The number of aliphatic hydroxyl groups excluding tert-OH is 1. The van der Waals surface area contributed by atoms with Crippen LogP contribution in [-0.2, 0) is 0 Å². The molecule has 0 spiro atoms. The van der Waals surface area contributed by atoms with Gasteiger partial charge in [0.25, 0.3) is 0 Å². The normalized spacial score (nSPS) is 24.8. The second-order valence-electron chi connectivity index (χ2n) is 4.00. The molecular weight excluding hydrogens is 274 g/mol. The summed E-state index contributed by atoms with van der Waals surface area (Å²) in [4.78, 5) is 1.06. The molecule has 0 radical (unpaired) electrons. The van der Waals surface area contributed by atoms with Crippen molar-refractivity contribution >= 4 is 27.3 Å². The lowest BCUT2D eigenvalue weighted by Crippen LogP contribution is -2.33. The summed E-state index contributed by atoms with van der Waals surface area (Å²) >= 11 is 5.05. The maximum atomic E-state index is 10.2. The molecule has 2 N–H and O–H groups in total. The summed E-state index contributed by atoms with van der Waals surface area (Å²) < 4.78 is 1.09. The van der Waals surface area contributed by atoms with Crippen molar-refractivity contribution in [3.8, 4) is 0 Å². The molecule has 15 heavy (non-hydrogen) atoms. The van der Waals surface area contributed by atoms with E-state index in [-0.39, 0.29) is 12.1 Å². The zero-order valence-corrected chi connectivity index (χ0v) is 11.0. The Morgan fingerprint density at radius 2 is 2.27 bits per heavy atom. The summed E-state index contributed by atoms with van der Waals surface area (Å²) in [7, 11) is 0. The second kappa shape index (κ2) is 5.43. The first kappa shape index (κ1) is 11.6. The highest BCUT2D eigenvalue weighted by Gasteiger charge is 2.22. The zero-order valence-electron chi connectivity index (χ0n) is 8.58. The van der Waals surface area contributed by atoms with Crippen molar-refractivity contribution in [1.29, 1.82) is 0 Å². The van der Waals surface area contributed by atoms with Gasteiger partial charge in [-0.2, -0.15) is 0 Å². The van der Waals surface area contributed by atoms with Gasteiger partial charge in [0.1, 0.15) is 6.10 Å². The van der Waals surface area contributed by atoms with Crippen molar-refractivity contribution in [3.63, 3.8) is 0 Å². The minimum Gasteiger partial charge on any atom is -0.386 e. The Hall–Kier alpha value is 0.1000. The Kier molecular flexibility index (Phi) is 4.20. The molecule has 1 aliphatic heterocycles. The van der Waals surface area contributed by atoms with Crippen LogP contribution in [0.1, 0.15) is 36.7 Å². The van der Waals surface area contributed by atoms with Crippen LogP contribution >= 0.6 is 27.3 Å². The van der Waals surface area contributed by atoms with Gasteiger partial charge in [-0.15, -0.1) is 11.3 Å². The van der Waals surface area contributed by atoms with Crippen LogP contribution in [0.15, 0.2) is 15.9 Å². The van der Waals surface area contributed by atoms with E-state index >= 15 is 0 Å². The summed E-state index contributed by atoms with van der Waals surface area (Å²) in [5, 5.41) is 13.6. The fourth-order valence-corrected chi connectivity index (χ4v) is 3.49. The van der Waals surface area contributed by atoms with Crippen LogP contribution < -0.4 is 5.32 Å². The van der Waals surface area contributed by atoms with Gasteiger partial charge in [0, 0.05) is 10.9 Å². The quantitative estimate of drug-likeness (QED) is 0.877. The zero-order chi connectivity index (χ0) is 10.7. The predicted octanol–water partition coefficient (Wildman–Crippen LogP) is 3.08. The van der Waals surface area contributed by atoms with Gasteiger partial charge in [0.05, 0.1) is 3.79 Å². The van der Waals surface area contributed by atoms with Crippen LogP contribution in [0.3, 0.4) is 0 Å². The molecule has 0 amide bonds. The Morgan fingerprint density at radius 3 is 3.00 bits per heavy atom. The van der Waals surface area contributed by atoms with Crippen molar-refractivity contribution < 1.29 is 5.11 Å². The summed E-state index contributed by atoms with van der Waals surface area (Å²) in [6.07, 6.45) is 4.47. The molecule has 4 heteroatoms. The largest absolute Gasteiger partial charge is 0.386 e. The molecule has 0 saturated carbocycles. The number of aliphatic hydroxyl groups is 1. The number of nitrogens with one attached hydrogen (secondary N) is 1. The molecule has 84 valence electrons. The van der Waals surface area contributed by atoms with E-state index < -0.39 is 0 Å². The molecule has 2 atom stereocenters. The molecule has 2 heterocycles. The summed E-state index contributed by atoms with van der Waals surface area (Å²) in [6, 6.07) is 4.24. The molecule has 1 aliphatic rings. The molecule has 1 fully saturated rings. The topological polar surface area (TPSA) is 32.3 Å². The van der Waals surface area contributed by atoms with Crippen LogP contribution in [-0.4, -0.2) is 17.7 Å². The van der Waals surface area contributed by atoms with Gasteiger partial charge in [0.15, 0.2) is 0 Å². The average molecular weight is 290 g/mol. The fraction of sp³-hybridized carbons (Fsp3) is 0.636. The molecule has 0 bridgehead atoms. The SMILES string of the molecule is OC(c1ccc(Br)s1)C1CCCCCN1. The molecule has 2 nitrogen and oxygen atoms in total. The van der Waals surface area contributed by atoms with Crippen LogP contribution in [0.2, 0.25) is 0 Å². The smallest absolute Gasteiger partial charge is 0.103 e. The first-order valence-corrected chi connectivity index (χ1v) is 7.05. The van der Waals surface area contributed by atoms with E-state index in [4.69, 9.17) is 0 Å². The molecule has 1 saturated heterocycles. The van der Waals surface area contributed by atoms with Gasteiger partial charge >= 0.3 is 0 Å². The van der Waals surface area contributed by atoms with E-state index in [1.807, 2.05) is 12.1 Å².